The first-order valence-electron chi connectivity index (χ1n) is 7.77. The first-order valence-corrected chi connectivity index (χ1v) is 7.77. The molecular weight excluding hydrogens is 292 g/mol. The van der Waals surface area contributed by atoms with E-state index in [1.165, 1.54) is 0 Å². The van der Waals surface area contributed by atoms with Crippen molar-refractivity contribution in [2.24, 2.45) is 5.92 Å². The largest absolute Gasteiger partial charge is 0.467 e. The number of piperidine rings is 1. The molecule has 5 nitrogen and oxygen atoms in total. The summed E-state index contributed by atoms with van der Waals surface area (Å²) in [6.07, 6.45) is 2.55. The number of rotatable bonds is 4. The summed E-state index contributed by atoms with van der Waals surface area (Å²) in [5.41, 5.74) is 0.987. The van der Waals surface area contributed by atoms with Crippen molar-refractivity contribution in [3.63, 3.8) is 0 Å². The maximum Gasteiger partial charge on any atom is 0.225 e. The molecule has 3 rings (SSSR count). The molecule has 0 bridgehead atoms. The number of carbonyl (C=O) groups is 2. The molecule has 0 saturated carbocycles. The molecule has 120 valence electrons. The van der Waals surface area contributed by atoms with Crippen LogP contribution < -0.4 is 5.32 Å². The maximum atomic E-state index is 12.6. The fraction of sp³-hybridized carbons (Fsp3) is 0.333. The standard InChI is InChI=1S/C18H20N2O3/c1-20-16(21)10-9-15(17(20)13-6-3-2-4-7-13)18(22)19-12-14-8-5-11-23-14/h2-8,11,15,17H,9-10,12H2,1H3,(H,19,22)/t15-,17-/m0/s1. The topological polar surface area (TPSA) is 62.6 Å². The number of nitrogens with one attached hydrogen (secondary N) is 1. The number of amides is 2. The number of nitrogens with zero attached hydrogens (tertiary/aromatic N) is 1. The Labute approximate surface area is 135 Å². The number of hydrogen-bond donors (Lipinski definition) is 1. The summed E-state index contributed by atoms with van der Waals surface area (Å²) in [7, 11) is 1.77. The summed E-state index contributed by atoms with van der Waals surface area (Å²) >= 11 is 0. The second-order valence-corrected chi connectivity index (χ2v) is 5.80. The molecule has 2 aromatic rings. The van der Waals surface area contributed by atoms with Gasteiger partial charge in [-0.2, -0.15) is 0 Å². The molecule has 1 aromatic carbocycles. The first-order chi connectivity index (χ1) is 11.2. The predicted molar refractivity (Wildman–Crippen MR) is 85.2 cm³/mol. The average molecular weight is 312 g/mol. The fourth-order valence-corrected chi connectivity index (χ4v) is 3.14. The lowest BCUT2D eigenvalue weighted by atomic mass is 9.84. The Morgan fingerprint density at radius 3 is 2.74 bits per heavy atom. The lowest BCUT2D eigenvalue weighted by molar-refractivity contribution is -0.141. The molecule has 2 heterocycles. The van der Waals surface area contributed by atoms with Gasteiger partial charge in [-0.05, 0) is 24.1 Å². The molecule has 1 N–H and O–H groups in total. The van der Waals surface area contributed by atoms with Gasteiger partial charge >= 0.3 is 0 Å². The zero-order valence-electron chi connectivity index (χ0n) is 13.1. The third-order valence-electron chi connectivity index (χ3n) is 4.36. The highest BCUT2D eigenvalue weighted by molar-refractivity contribution is 5.84. The number of hydrogen-bond acceptors (Lipinski definition) is 3. The number of furan rings is 1. The van der Waals surface area contributed by atoms with Crippen LogP contribution in [0.1, 0.15) is 30.2 Å². The van der Waals surface area contributed by atoms with Gasteiger partial charge < -0.3 is 14.6 Å². The molecule has 2 atom stereocenters. The third kappa shape index (κ3) is 3.28. The molecule has 1 aliphatic rings. The van der Waals surface area contributed by atoms with Gasteiger partial charge in [0.15, 0.2) is 0 Å². The van der Waals surface area contributed by atoms with Gasteiger partial charge in [0.05, 0.1) is 24.8 Å². The summed E-state index contributed by atoms with van der Waals surface area (Å²) < 4.78 is 5.24. The summed E-state index contributed by atoms with van der Waals surface area (Å²) in [5.74, 6) is 0.494. The quantitative estimate of drug-likeness (QED) is 0.943. The third-order valence-corrected chi connectivity index (χ3v) is 4.36. The van der Waals surface area contributed by atoms with Crippen LogP contribution in [0.3, 0.4) is 0 Å². The monoisotopic (exact) mass is 312 g/mol. The van der Waals surface area contributed by atoms with Gasteiger partial charge in [0.2, 0.25) is 11.8 Å². The van der Waals surface area contributed by atoms with Gasteiger partial charge in [0.1, 0.15) is 5.76 Å². The van der Waals surface area contributed by atoms with Crippen LogP contribution >= 0.6 is 0 Å². The first kappa shape index (κ1) is 15.3. The molecule has 0 aliphatic carbocycles. The average Bonchev–Trinajstić information content (AvgIpc) is 3.09. The van der Waals surface area contributed by atoms with E-state index in [1.807, 2.05) is 36.4 Å². The minimum absolute atomic E-state index is 0.0467. The molecule has 0 spiro atoms. The van der Waals surface area contributed by atoms with Crippen molar-refractivity contribution in [3.05, 3.63) is 60.1 Å². The van der Waals surface area contributed by atoms with E-state index in [0.717, 1.165) is 11.3 Å². The minimum Gasteiger partial charge on any atom is -0.467 e. The Morgan fingerprint density at radius 2 is 2.04 bits per heavy atom. The van der Waals surface area contributed by atoms with E-state index in [4.69, 9.17) is 4.42 Å². The summed E-state index contributed by atoms with van der Waals surface area (Å²) in [6.45, 7) is 0.363. The second-order valence-electron chi connectivity index (χ2n) is 5.80. The SMILES string of the molecule is CN1C(=O)CC[C@H](C(=O)NCc2ccco2)[C@@H]1c1ccccc1. The van der Waals surface area contributed by atoms with Crippen LogP contribution in [0.4, 0.5) is 0 Å². The summed E-state index contributed by atoms with van der Waals surface area (Å²) in [5, 5.41) is 2.92. The van der Waals surface area contributed by atoms with E-state index >= 15 is 0 Å². The van der Waals surface area contributed by atoms with Gasteiger partial charge in [-0.1, -0.05) is 30.3 Å². The Bertz CT molecular complexity index is 667. The second kappa shape index (κ2) is 6.69. The molecular formula is C18H20N2O3. The van der Waals surface area contributed by atoms with Crippen molar-refractivity contribution in [3.8, 4) is 0 Å². The smallest absolute Gasteiger partial charge is 0.225 e. The van der Waals surface area contributed by atoms with Crippen LogP contribution in [-0.2, 0) is 16.1 Å². The highest BCUT2D eigenvalue weighted by Crippen LogP contribution is 2.35. The van der Waals surface area contributed by atoms with Crippen molar-refractivity contribution >= 4 is 11.8 Å². The number of likely N-dealkylation sites (tertiary alicyclic amines) is 1. The molecule has 1 saturated heterocycles. The van der Waals surface area contributed by atoms with Crippen LogP contribution in [0, 0.1) is 5.92 Å². The normalized spacial score (nSPS) is 21.3. The van der Waals surface area contributed by atoms with Crippen molar-refractivity contribution in [1.29, 1.82) is 0 Å². The van der Waals surface area contributed by atoms with E-state index in [1.54, 1.807) is 24.3 Å². The van der Waals surface area contributed by atoms with Crippen LogP contribution in [0.2, 0.25) is 0 Å². The van der Waals surface area contributed by atoms with Gasteiger partial charge in [-0.15, -0.1) is 0 Å². The molecule has 1 aliphatic heterocycles. The molecule has 5 heteroatoms. The van der Waals surface area contributed by atoms with Gasteiger partial charge in [-0.25, -0.2) is 0 Å². The number of benzene rings is 1. The molecule has 2 amide bonds. The zero-order chi connectivity index (χ0) is 16.2. The lowest BCUT2D eigenvalue weighted by Gasteiger charge is -2.38. The highest BCUT2D eigenvalue weighted by Gasteiger charge is 2.38. The Morgan fingerprint density at radius 1 is 1.26 bits per heavy atom. The zero-order valence-corrected chi connectivity index (χ0v) is 13.1. The van der Waals surface area contributed by atoms with Gasteiger partial charge in [0, 0.05) is 13.5 Å². The Balaban J connectivity index is 1.77. The van der Waals surface area contributed by atoms with E-state index in [9.17, 15) is 9.59 Å². The van der Waals surface area contributed by atoms with E-state index in [2.05, 4.69) is 5.32 Å². The van der Waals surface area contributed by atoms with Crippen LogP contribution in [0.5, 0.6) is 0 Å². The fourth-order valence-electron chi connectivity index (χ4n) is 3.14. The molecule has 1 fully saturated rings. The van der Waals surface area contributed by atoms with E-state index < -0.39 is 0 Å². The van der Waals surface area contributed by atoms with Crippen molar-refractivity contribution in [2.75, 3.05) is 7.05 Å². The van der Waals surface area contributed by atoms with Crippen LogP contribution in [0.15, 0.2) is 53.1 Å². The van der Waals surface area contributed by atoms with Crippen LogP contribution in [0.25, 0.3) is 0 Å². The minimum atomic E-state index is -0.255. The highest BCUT2D eigenvalue weighted by atomic mass is 16.3. The summed E-state index contributed by atoms with van der Waals surface area (Å²) in [6, 6.07) is 13.1. The molecule has 0 radical (unpaired) electrons. The molecule has 0 unspecified atom stereocenters. The van der Waals surface area contributed by atoms with Gasteiger partial charge in [0.25, 0.3) is 0 Å². The Kier molecular flexibility index (Phi) is 4.46. The van der Waals surface area contributed by atoms with E-state index in [-0.39, 0.29) is 23.8 Å². The Hall–Kier alpha value is -2.56. The number of carbonyl (C=O) groups excluding carboxylic acids is 2. The van der Waals surface area contributed by atoms with Crippen molar-refractivity contribution in [1.82, 2.24) is 10.2 Å². The summed E-state index contributed by atoms with van der Waals surface area (Å²) in [4.78, 5) is 26.4. The molecule has 23 heavy (non-hydrogen) atoms. The maximum absolute atomic E-state index is 12.6. The molecule has 1 aromatic heterocycles. The predicted octanol–water partition coefficient (Wildman–Crippen LogP) is 2.51. The lowest BCUT2D eigenvalue weighted by Crippen LogP contribution is -2.46. The van der Waals surface area contributed by atoms with E-state index in [0.29, 0.717) is 19.4 Å². The van der Waals surface area contributed by atoms with Crippen molar-refractivity contribution in [2.45, 2.75) is 25.4 Å². The van der Waals surface area contributed by atoms with Gasteiger partial charge in [-0.3, -0.25) is 9.59 Å². The van der Waals surface area contributed by atoms with Crippen molar-refractivity contribution < 1.29 is 14.0 Å². The van der Waals surface area contributed by atoms with Crippen LogP contribution in [-0.4, -0.2) is 23.8 Å².